The highest BCUT2D eigenvalue weighted by Gasteiger charge is 2.30. The van der Waals surface area contributed by atoms with Gasteiger partial charge in [-0.3, -0.25) is 19.3 Å². The predicted molar refractivity (Wildman–Crippen MR) is 89.7 cm³/mol. The standard InChI is InChI=1S/C15H14BrN3O3S/c1-2-18-14-9(16)4-3-5-10(14)23-15(18)17-11(20)8-19-12(21)6-7-13(19)22/h3-5H,2,6-8H2,1H3. The first-order chi connectivity index (χ1) is 11.0. The molecule has 2 heterocycles. The Kier molecular flexibility index (Phi) is 4.45. The second-order valence-electron chi connectivity index (χ2n) is 5.09. The summed E-state index contributed by atoms with van der Waals surface area (Å²) in [6.45, 7) is 2.36. The van der Waals surface area contributed by atoms with E-state index in [1.807, 2.05) is 29.7 Å². The van der Waals surface area contributed by atoms with Crippen LogP contribution in [0.5, 0.6) is 0 Å². The van der Waals surface area contributed by atoms with Gasteiger partial charge in [-0.05, 0) is 35.0 Å². The number of likely N-dealkylation sites (tertiary alicyclic amines) is 1. The lowest BCUT2D eigenvalue weighted by atomic mass is 10.3. The van der Waals surface area contributed by atoms with Gasteiger partial charge in [-0.15, -0.1) is 0 Å². The molecule has 0 bridgehead atoms. The van der Waals surface area contributed by atoms with Crippen LogP contribution in [0, 0.1) is 0 Å². The van der Waals surface area contributed by atoms with Gasteiger partial charge in [0.1, 0.15) is 6.54 Å². The molecular weight excluding hydrogens is 382 g/mol. The first kappa shape index (κ1) is 16.1. The molecular formula is C15H14BrN3O3S. The number of carbonyl (C=O) groups is 3. The van der Waals surface area contributed by atoms with Gasteiger partial charge in [0.2, 0.25) is 11.8 Å². The number of halogens is 1. The van der Waals surface area contributed by atoms with Crippen molar-refractivity contribution in [1.82, 2.24) is 9.47 Å². The molecule has 1 saturated heterocycles. The Bertz CT molecular complexity index is 868. The second kappa shape index (κ2) is 6.37. The minimum atomic E-state index is -0.488. The van der Waals surface area contributed by atoms with Crippen molar-refractivity contribution in [2.24, 2.45) is 4.99 Å². The summed E-state index contributed by atoms with van der Waals surface area (Å²) < 4.78 is 3.89. The van der Waals surface area contributed by atoms with Crippen LogP contribution in [0.2, 0.25) is 0 Å². The molecule has 1 fully saturated rings. The Morgan fingerprint density at radius 3 is 2.65 bits per heavy atom. The SMILES string of the molecule is CCn1c(=NC(=O)CN2C(=O)CCC2=O)sc2cccc(Br)c21. The number of hydrogen-bond acceptors (Lipinski definition) is 4. The van der Waals surface area contributed by atoms with Gasteiger partial charge in [0, 0.05) is 23.9 Å². The highest BCUT2D eigenvalue weighted by Crippen LogP contribution is 2.25. The van der Waals surface area contributed by atoms with Gasteiger partial charge < -0.3 is 4.57 Å². The van der Waals surface area contributed by atoms with Crippen LogP contribution in [-0.2, 0) is 20.9 Å². The molecule has 8 heteroatoms. The molecule has 1 aliphatic heterocycles. The van der Waals surface area contributed by atoms with Crippen LogP contribution >= 0.6 is 27.3 Å². The number of imide groups is 1. The van der Waals surface area contributed by atoms with E-state index in [1.54, 1.807) is 0 Å². The zero-order chi connectivity index (χ0) is 16.6. The van der Waals surface area contributed by atoms with E-state index in [4.69, 9.17) is 0 Å². The van der Waals surface area contributed by atoms with Gasteiger partial charge in [0.05, 0.1) is 10.2 Å². The quantitative estimate of drug-likeness (QED) is 0.746. The van der Waals surface area contributed by atoms with E-state index < -0.39 is 5.91 Å². The fraction of sp³-hybridized carbons (Fsp3) is 0.333. The molecule has 3 amide bonds. The van der Waals surface area contributed by atoms with Crippen molar-refractivity contribution in [3.63, 3.8) is 0 Å². The Balaban J connectivity index is 1.97. The lowest BCUT2D eigenvalue weighted by Gasteiger charge is -2.10. The Hall–Kier alpha value is -1.80. The fourth-order valence-corrected chi connectivity index (χ4v) is 4.39. The van der Waals surface area contributed by atoms with E-state index in [0.717, 1.165) is 19.6 Å². The van der Waals surface area contributed by atoms with Gasteiger partial charge in [-0.25, -0.2) is 0 Å². The largest absolute Gasteiger partial charge is 0.316 e. The summed E-state index contributed by atoms with van der Waals surface area (Å²) in [6.07, 6.45) is 0.355. The van der Waals surface area contributed by atoms with Crippen LogP contribution in [0.4, 0.5) is 0 Å². The van der Waals surface area contributed by atoms with E-state index in [1.165, 1.54) is 11.3 Å². The molecule has 23 heavy (non-hydrogen) atoms. The van der Waals surface area contributed by atoms with Crippen LogP contribution in [-0.4, -0.2) is 33.7 Å². The van der Waals surface area contributed by atoms with Gasteiger partial charge in [0.25, 0.3) is 5.91 Å². The van der Waals surface area contributed by atoms with Crippen molar-refractivity contribution >= 4 is 55.2 Å². The molecule has 0 atom stereocenters. The molecule has 0 spiro atoms. The maximum atomic E-state index is 12.2. The molecule has 6 nitrogen and oxygen atoms in total. The van der Waals surface area contributed by atoms with E-state index in [0.29, 0.717) is 11.3 Å². The van der Waals surface area contributed by atoms with Gasteiger partial charge >= 0.3 is 0 Å². The minimum Gasteiger partial charge on any atom is -0.316 e. The molecule has 0 N–H and O–H groups in total. The number of carbonyl (C=O) groups excluding carboxylic acids is 3. The Morgan fingerprint density at radius 2 is 2.00 bits per heavy atom. The molecule has 1 aromatic carbocycles. The summed E-state index contributed by atoms with van der Waals surface area (Å²) in [4.78, 5) is 41.0. The minimum absolute atomic E-state index is 0.177. The predicted octanol–water partition coefficient (Wildman–Crippen LogP) is 2.06. The maximum absolute atomic E-state index is 12.2. The summed E-state index contributed by atoms with van der Waals surface area (Å²) in [7, 11) is 0. The van der Waals surface area contributed by atoms with Crippen molar-refractivity contribution in [1.29, 1.82) is 0 Å². The third-order valence-electron chi connectivity index (χ3n) is 3.64. The van der Waals surface area contributed by atoms with E-state index in [-0.39, 0.29) is 31.2 Å². The monoisotopic (exact) mass is 395 g/mol. The number of hydrogen-bond donors (Lipinski definition) is 0. The van der Waals surface area contributed by atoms with Crippen LogP contribution < -0.4 is 4.80 Å². The number of nitrogens with zero attached hydrogens (tertiary/aromatic N) is 3. The third kappa shape index (κ3) is 3.00. The summed E-state index contributed by atoms with van der Waals surface area (Å²) in [5.41, 5.74) is 0.986. The van der Waals surface area contributed by atoms with E-state index in [2.05, 4.69) is 20.9 Å². The number of thiazole rings is 1. The first-order valence-corrected chi connectivity index (χ1v) is 8.80. The molecule has 0 saturated carbocycles. The number of rotatable bonds is 3. The van der Waals surface area contributed by atoms with E-state index in [9.17, 15) is 14.4 Å². The van der Waals surface area contributed by atoms with Crippen molar-refractivity contribution < 1.29 is 14.4 Å². The first-order valence-electron chi connectivity index (χ1n) is 7.20. The highest BCUT2D eigenvalue weighted by molar-refractivity contribution is 9.10. The van der Waals surface area contributed by atoms with Crippen LogP contribution in [0.25, 0.3) is 10.2 Å². The zero-order valence-corrected chi connectivity index (χ0v) is 14.8. The van der Waals surface area contributed by atoms with Crippen molar-refractivity contribution in [3.05, 3.63) is 27.5 Å². The lowest BCUT2D eigenvalue weighted by Crippen LogP contribution is -2.34. The molecule has 120 valence electrons. The molecule has 0 radical (unpaired) electrons. The van der Waals surface area contributed by atoms with E-state index >= 15 is 0 Å². The topological polar surface area (TPSA) is 71.7 Å². The second-order valence-corrected chi connectivity index (χ2v) is 6.96. The number of para-hydroxylation sites is 1. The van der Waals surface area contributed by atoms with Gasteiger partial charge in [-0.1, -0.05) is 17.4 Å². The molecule has 0 unspecified atom stereocenters. The highest BCUT2D eigenvalue weighted by atomic mass is 79.9. The average Bonchev–Trinajstić information content (AvgIpc) is 3.02. The molecule has 3 rings (SSSR count). The Labute approximate surface area is 144 Å². The third-order valence-corrected chi connectivity index (χ3v) is 5.32. The average molecular weight is 396 g/mol. The summed E-state index contributed by atoms with van der Waals surface area (Å²) >= 11 is 4.92. The normalized spacial score (nSPS) is 15.9. The summed E-state index contributed by atoms with van der Waals surface area (Å²) in [6, 6.07) is 5.83. The van der Waals surface area contributed by atoms with Crippen molar-refractivity contribution in [2.75, 3.05) is 6.54 Å². The molecule has 2 aromatic rings. The number of aryl methyl sites for hydroxylation is 1. The number of fused-ring (bicyclic) bond motifs is 1. The molecule has 1 aliphatic rings. The summed E-state index contributed by atoms with van der Waals surface area (Å²) in [5.74, 6) is -1.10. The Morgan fingerprint density at radius 1 is 1.30 bits per heavy atom. The molecule has 1 aromatic heterocycles. The number of aromatic nitrogens is 1. The summed E-state index contributed by atoms with van der Waals surface area (Å²) in [5, 5.41) is 0. The van der Waals surface area contributed by atoms with Crippen molar-refractivity contribution in [3.8, 4) is 0 Å². The number of amides is 3. The van der Waals surface area contributed by atoms with Crippen LogP contribution in [0.3, 0.4) is 0 Å². The van der Waals surface area contributed by atoms with Gasteiger partial charge in [0.15, 0.2) is 4.80 Å². The fourth-order valence-electron chi connectivity index (χ4n) is 2.54. The van der Waals surface area contributed by atoms with Crippen LogP contribution in [0.15, 0.2) is 27.7 Å². The zero-order valence-electron chi connectivity index (χ0n) is 12.4. The van der Waals surface area contributed by atoms with Crippen LogP contribution in [0.1, 0.15) is 19.8 Å². The van der Waals surface area contributed by atoms with Crippen molar-refractivity contribution in [2.45, 2.75) is 26.3 Å². The number of benzene rings is 1. The smallest absolute Gasteiger partial charge is 0.268 e. The maximum Gasteiger partial charge on any atom is 0.268 e. The lowest BCUT2D eigenvalue weighted by molar-refractivity contribution is -0.141. The molecule has 0 aliphatic carbocycles. The van der Waals surface area contributed by atoms with Gasteiger partial charge in [-0.2, -0.15) is 4.99 Å².